The minimum Gasteiger partial charge on any atom is -0.396 e. The van der Waals surface area contributed by atoms with Gasteiger partial charge in [-0.1, -0.05) is 44.0 Å². The van der Waals surface area contributed by atoms with Crippen LogP contribution in [0.4, 0.5) is 0 Å². The third-order valence-electron chi connectivity index (χ3n) is 5.86. The SMILES string of the molecule is C#Cc1cnc(C(=O)Cc2ccc(CC(=O)NCCCO)cc2C2=CCC(C)(C)CC2)[nH]1. The molecule has 1 aromatic heterocycles. The summed E-state index contributed by atoms with van der Waals surface area (Å²) in [7, 11) is 0. The topological polar surface area (TPSA) is 95.1 Å². The lowest BCUT2D eigenvalue weighted by atomic mass is 9.76. The largest absolute Gasteiger partial charge is 0.396 e. The van der Waals surface area contributed by atoms with Gasteiger partial charge in [0.1, 0.15) is 5.69 Å². The van der Waals surface area contributed by atoms with Crippen molar-refractivity contribution in [2.75, 3.05) is 13.2 Å². The van der Waals surface area contributed by atoms with Crippen LogP contribution in [0.5, 0.6) is 0 Å². The van der Waals surface area contributed by atoms with Crippen LogP contribution in [0, 0.1) is 17.8 Å². The van der Waals surface area contributed by atoms with E-state index in [9.17, 15) is 9.59 Å². The van der Waals surface area contributed by atoms with Gasteiger partial charge in [0.15, 0.2) is 5.82 Å². The number of allylic oxidation sites excluding steroid dienone is 2. The minimum absolute atomic E-state index is 0.0517. The molecule has 0 aliphatic heterocycles. The van der Waals surface area contributed by atoms with Crippen molar-refractivity contribution in [1.29, 1.82) is 0 Å². The van der Waals surface area contributed by atoms with Gasteiger partial charge in [-0.2, -0.15) is 0 Å². The second-order valence-electron chi connectivity index (χ2n) is 9.08. The normalized spacial score (nSPS) is 15.0. The highest BCUT2D eigenvalue weighted by Crippen LogP contribution is 2.39. The molecule has 0 spiro atoms. The predicted molar refractivity (Wildman–Crippen MR) is 125 cm³/mol. The maximum absolute atomic E-state index is 12.8. The molecule has 6 nitrogen and oxygen atoms in total. The van der Waals surface area contributed by atoms with Crippen LogP contribution in [0.3, 0.4) is 0 Å². The van der Waals surface area contributed by atoms with Crippen LogP contribution in [0.1, 0.15) is 72.5 Å². The Hall–Kier alpha value is -3.17. The monoisotopic (exact) mass is 433 g/mol. The Morgan fingerprint density at radius 2 is 2.12 bits per heavy atom. The first-order chi connectivity index (χ1) is 15.3. The van der Waals surface area contributed by atoms with Crippen molar-refractivity contribution in [2.45, 2.75) is 52.4 Å². The molecule has 0 unspecified atom stereocenters. The van der Waals surface area contributed by atoms with Crippen molar-refractivity contribution in [3.8, 4) is 12.3 Å². The molecule has 3 rings (SSSR count). The second-order valence-corrected chi connectivity index (χ2v) is 9.08. The summed E-state index contributed by atoms with van der Waals surface area (Å²) in [5, 5.41) is 11.7. The fourth-order valence-electron chi connectivity index (χ4n) is 3.86. The van der Waals surface area contributed by atoms with Crippen LogP contribution >= 0.6 is 0 Å². The maximum Gasteiger partial charge on any atom is 0.224 e. The molecule has 6 heteroatoms. The summed E-state index contributed by atoms with van der Waals surface area (Å²) >= 11 is 0. The number of benzene rings is 1. The molecule has 32 heavy (non-hydrogen) atoms. The summed E-state index contributed by atoms with van der Waals surface area (Å²) in [6, 6.07) is 5.88. The first kappa shape index (κ1) is 23.5. The van der Waals surface area contributed by atoms with Crippen LogP contribution in [0.25, 0.3) is 5.57 Å². The van der Waals surface area contributed by atoms with Crippen molar-refractivity contribution in [2.24, 2.45) is 5.41 Å². The molecule has 1 aliphatic rings. The number of nitrogens with zero attached hydrogens (tertiary/aromatic N) is 1. The lowest BCUT2D eigenvalue weighted by molar-refractivity contribution is -0.120. The first-order valence-corrected chi connectivity index (χ1v) is 11.0. The molecule has 1 heterocycles. The fraction of sp³-hybridized carbons (Fsp3) is 0.423. The quantitative estimate of drug-likeness (QED) is 0.321. The van der Waals surface area contributed by atoms with Gasteiger partial charge in [-0.25, -0.2) is 4.98 Å². The lowest BCUT2D eigenvalue weighted by Gasteiger charge is -2.29. The molecular formula is C26H31N3O3. The Labute approximate surface area is 189 Å². The number of aromatic nitrogens is 2. The average molecular weight is 434 g/mol. The molecule has 1 aromatic carbocycles. The van der Waals surface area contributed by atoms with Gasteiger partial charge in [-0.15, -0.1) is 6.42 Å². The van der Waals surface area contributed by atoms with E-state index >= 15 is 0 Å². The molecule has 0 radical (unpaired) electrons. The smallest absolute Gasteiger partial charge is 0.224 e. The van der Waals surface area contributed by atoms with Gasteiger partial charge in [0.25, 0.3) is 0 Å². The van der Waals surface area contributed by atoms with Crippen LogP contribution in [0.2, 0.25) is 0 Å². The molecule has 0 saturated heterocycles. The van der Waals surface area contributed by atoms with E-state index in [0.717, 1.165) is 36.0 Å². The van der Waals surface area contributed by atoms with Crippen LogP contribution in [0.15, 0.2) is 30.5 Å². The van der Waals surface area contributed by atoms with E-state index in [1.54, 1.807) is 0 Å². The molecule has 0 bridgehead atoms. The number of imidazole rings is 1. The van der Waals surface area contributed by atoms with Gasteiger partial charge in [0, 0.05) is 19.6 Å². The van der Waals surface area contributed by atoms with E-state index in [4.69, 9.17) is 11.5 Å². The summed E-state index contributed by atoms with van der Waals surface area (Å²) in [5.74, 6) is 2.50. The lowest BCUT2D eigenvalue weighted by Crippen LogP contribution is -2.26. The van der Waals surface area contributed by atoms with E-state index in [-0.39, 0.29) is 42.4 Å². The zero-order valence-electron chi connectivity index (χ0n) is 18.8. The zero-order chi connectivity index (χ0) is 23.1. The van der Waals surface area contributed by atoms with Gasteiger partial charge in [-0.3, -0.25) is 9.59 Å². The van der Waals surface area contributed by atoms with Gasteiger partial charge in [0.05, 0.1) is 12.6 Å². The Kier molecular flexibility index (Phi) is 7.66. The van der Waals surface area contributed by atoms with Crippen molar-refractivity contribution in [1.82, 2.24) is 15.3 Å². The summed E-state index contributed by atoms with van der Waals surface area (Å²) in [6.07, 6.45) is 13.1. The second kappa shape index (κ2) is 10.4. The number of rotatable bonds is 9. The number of ketones is 1. The number of aliphatic hydroxyl groups excluding tert-OH is 1. The highest BCUT2D eigenvalue weighted by Gasteiger charge is 2.24. The number of carbonyl (C=O) groups excluding carboxylic acids is 2. The molecule has 0 saturated carbocycles. The number of amides is 1. The number of nitrogens with one attached hydrogen (secondary N) is 2. The zero-order valence-corrected chi connectivity index (χ0v) is 18.8. The molecule has 1 amide bonds. The Balaban J connectivity index is 1.85. The summed E-state index contributed by atoms with van der Waals surface area (Å²) in [4.78, 5) is 32.0. The number of hydrogen-bond acceptors (Lipinski definition) is 4. The minimum atomic E-state index is -0.126. The van der Waals surface area contributed by atoms with Crippen molar-refractivity contribution in [3.05, 3.63) is 58.7 Å². The van der Waals surface area contributed by atoms with Crippen LogP contribution in [-0.4, -0.2) is 39.9 Å². The molecule has 2 aromatic rings. The molecule has 168 valence electrons. The molecule has 1 aliphatic carbocycles. The van der Waals surface area contributed by atoms with Crippen LogP contribution < -0.4 is 5.32 Å². The standard InChI is InChI=1S/C26H31N3O3/c1-4-21-17-28-25(29-21)23(31)16-20-7-6-18(15-24(32)27-12-5-13-30)14-22(20)19-8-10-26(2,3)11-9-19/h1,6-8,14,17,30H,5,9-13,15-16H2,2-3H3,(H,27,32)(H,28,29). The molecular weight excluding hydrogens is 402 g/mol. The number of H-pyrrole nitrogens is 1. The van der Waals surface area contributed by atoms with Gasteiger partial charge >= 0.3 is 0 Å². The number of aromatic amines is 1. The highest BCUT2D eigenvalue weighted by molar-refractivity contribution is 5.95. The molecule has 3 N–H and O–H groups in total. The number of aliphatic hydroxyl groups is 1. The Morgan fingerprint density at radius 1 is 1.31 bits per heavy atom. The van der Waals surface area contributed by atoms with Gasteiger partial charge in [-0.05, 0) is 53.4 Å². The van der Waals surface area contributed by atoms with Crippen molar-refractivity contribution in [3.63, 3.8) is 0 Å². The molecule has 0 fully saturated rings. The predicted octanol–water partition coefficient (Wildman–Crippen LogP) is 3.45. The third-order valence-corrected chi connectivity index (χ3v) is 5.86. The Morgan fingerprint density at radius 3 is 2.78 bits per heavy atom. The van der Waals surface area contributed by atoms with Gasteiger partial charge in [0.2, 0.25) is 11.7 Å². The summed E-state index contributed by atoms with van der Waals surface area (Å²) < 4.78 is 0. The van der Waals surface area contributed by atoms with E-state index < -0.39 is 0 Å². The first-order valence-electron chi connectivity index (χ1n) is 11.0. The van der Waals surface area contributed by atoms with Gasteiger partial charge < -0.3 is 15.4 Å². The van der Waals surface area contributed by atoms with E-state index in [2.05, 4.69) is 41.1 Å². The van der Waals surface area contributed by atoms with Crippen molar-refractivity contribution >= 4 is 17.3 Å². The van der Waals surface area contributed by atoms with Crippen LogP contribution in [-0.2, 0) is 17.6 Å². The third kappa shape index (κ3) is 6.18. The van der Waals surface area contributed by atoms with E-state index in [0.29, 0.717) is 18.7 Å². The fourth-order valence-corrected chi connectivity index (χ4v) is 3.86. The number of Topliss-reactive ketones (excluding diaryl/α,β-unsaturated/α-hetero) is 1. The van der Waals surface area contributed by atoms with E-state index in [1.165, 1.54) is 11.8 Å². The van der Waals surface area contributed by atoms with Crippen molar-refractivity contribution < 1.29 is 14.7 Å². The molecule has 0 atom stereocenters. The highest BCUT2D eigenvalue weighted by atomic mass is 16.3. The Bertz CT molecular complexity index is 1060. The summed E-state index contributed by atoms with van der Waals surface area (Å²) in [5.41, 5.74) is 4.81. The average Bonchev–Trinajstić information content (AvgIpc) is 3.25. The number of terminal acetylenes is 1. The number of carbonyl (C=O) groups is 2. The van der Waals surface area contributed by atoms with E-state index in [1.807, 2.05) is 18.2 Å². The summed E-state index contributed by atoms with van der Waals surface area (Å²) in [6.45, 7) is 5.03. The number of hydrogen-bond donors (Lipinski definition) is 3. The maximum atomic E-state index is 12.8.